The van der Waals surface area contributed by atoms with E-state index in [1.807, 2.05) is 44.2 Å². The third-order valence-corrected chi connectivity index (χ3v) is 9.56. The van der Waals surface area contributed by atoms with Crippen molar-refractivity contribution in [2.75, 3.05) is 19.8 Å². The van der Waals surface area contributed by atoms with Gasteiger partial charge in [0.1, 0.15) is 18.2 Å². The highest BCUT2D eigenvalue weighted by Gasteiger charge is 2.77. The van der Waals surface area contributed by atoms with E-state index in [1.165, 1.54) is 4.90 Å². The number of nitrogens with zero attached hydrogens (tertiary/aromatic N) is 2. The summed E-state index contributed by atoms with van der Waals surface area (Å²) in [7, 11) is 0. The molecule has 3 amide bonds. The summed E-state index contributed by atoms with van der Waals surface area (Å²) in [5, 5.41) is 13.1. The predicted octanol–water partition coefficient (Wildman–Crippen LogP) is 2.91. The first-order chi connectivity index (χ1) is 20.5. The van der Waals surface area contributed by atoms with Gasteiger partial charge in [-0.05, 0) is 39.2 Å². The van der Waals surface area contributed by atoms with E-state index in [-0.39, 0.29) is 43.0 Å². The molecule has 3 fully saturated rings. The molecule has 3 aliphatic heterocycles. The second-order valence-electron chi connectivity index (χ2n) is 11.8. The van der Waals surface area contributed by atoms with E-state index < -0.39 is 59.5 Å². The zero-order valence-corrected chi connectivity index (χ0v) is 26.6. The first kappa shape index (κ1) is 32.9. The van der Waals surface area contributed by atoms with E-state index in [1.54, 1.807) is 24.0 Å². The van der Waals surface area contributed by atoms with Crippen LogP contribution in [0.3, 0.4) is 0 Å². The van der Waals surface area contributed by atoms with Gasteiger partial charge in [-0.15, -0.1) is 13.2 Å². The minimum absolute atomic E-state index is 0.0921. The Kier molecular flexibility index (Phi) is 10.5. The Morgan fingerprint density at radius 2 is 1.93 bits per heavy atom. The van der Waals surface area contributed by atoms with Crippen molar-refractivity contribution in [3.05, 3.63) is 61.2 Å². The maximum absolute atomic E-state index is 14.2. The number of hydrogen-bond acceptors (Lipinski definition) is 7. The van der Waals surface area contributed by atoms with Crippen LogP contribution in [-0.4, -0.2) is 93.0 Å². The summed E-state index contributed by atoms with van der Waals surface area (Å²) in [5.41, 5.74) is -0.522. The second kappa shape index (κ2) is 13.7. The number of alkyl halides is 1. The maximum atomic E-state index is 14.2. The molecular weight excluding hydrogens is 618 g/mol. The molecule has 1 spiro atoms. The lowest BCUT2D eigenvalue weighted by atomic mass is 9.70. The number of ether oxygens (including phenoxy) is 2. The predicted molar refractivity (Wildman–Crippen MR) is 164 cm³/mol. The largest absolute Gasteiger partial charge is 0.463 e. The van der Waals surface area contributed by atoms with Gasteiger partial charge in [0.2, 0.25) is 17.7 Å². The standard InChI is InChI=1S/C32H42BrN3O7/c1-6-8-14-24(38)42-18-23(21-12-10-9-11-13-21)34-29(39)25-26-30(40)36(20(5)17-37)28(31(41)35(15-7-2)19(3)4)32(26)16-22(33)27(25)43-32/h6-7,9-13,19-20,22-23,25-28,37H,1-2,8,14-18H2,3-5H3,(H,34,39)/t20-,22?,23-,25+,26-,27+,28+,32-/m1/s1. The number of halogens is 1. The Labute approximate surface area is 261 Å². The van der Waals surface area contributed by atoms with Crippen LogP contribution in [0.4, 0.5) is 0 Å². The van der Waals surface area contributed by atoms with Gasteiger partial charge in [-0.25, -0.2) is 0 Å². The molecule has 3 saturated heterocycles. The van der Waals surface area contributed by atoms with Crippen LogP contribution in [0.5, 0.6) is 0 Å². The number of allylic oxidation sites excluding steroid dienone is 1. The minimum atomic E-state index is -1.26. The van der Waals surface area contributed by atoms with Gasteiger partial charge < -0.3 is 29.7 Å². The molecule has 0 aliphatic carbocycles. The molecule has 2 bridgehead atoms. The lowest BCUT2D eigenvalue weighted by molar-refractivity contribution is -0.152. The Bertz CT molecular complexity index is 1230. The molecule has 234 valence electrons. The van der Waals surface area contributed by atoms with Crippen molar-refractivity contribution in [2.24, 2.45) is 11.8 Å². The van der Waals surface area contributed by atoms with Crippen LogP contribution < -0.4 is 5.32 Å². The maximum Gasteiger partial charge on any atom is 0.306 e. The average molecular weight is 661 g/mol. The van der Waals surface area contributed by atoms with Crippen LogP contribution in [0.15, 0.2) is 55.6 Å². The van der Waals surface area contributed by atoms with Gasteiger partial charge >= 0.3 is 5.97 Å². The summed E-state index contributed by atoms with van der Waals surface area (Å²) < 4.78 is 12.1. The van der Waals surface area contributed by atoms with E-state index in [2.05, 4.69) is 34.4 Å². The lowest BCUT2D eigenvalue weighted by Crippen LogP contribution is -2.59. The fourth-order valence-corrected chi connectivity index (χ4v) is 7.65. The number of carbonyl (C=O) groups excluding carboxylic acids is 4. The third kappa shape index (κ3) is 6.17. The van der Waals surface area contributed by atoms with E-state index >= 15 is 0 Å². The number of nitrogens with one attached hydrogen (secondary N) is 1. The molecule has 0 radical (unpaired) electrons. The van der Waals surface area contributed by atoms with Gasteiger partial charge in [-0.2, -0.15) is 0 Å². The number of likely N-dealkylation sites (tertiary alicyclic amines) is 1. The van der Waals surface area contributed by atoms with Crippen molar-refractivity contribution < 1.29 is 33.8 Å². The molecule has 2 N–H and O–H groups in total. The van der Waals surface area contributed by atoms with Crippen molar-refractivity contribution in [1.29, 1.82) is 0 Å². The Morgan fingerprint density at radius 3 is 2.53 bits per heavy atom. The van der Waals surface area contributed by atoms with Crippen molar-refractivity contribution in [1.82, 2.24) is 15.1 Å². The zero-order chi connectivity index (χ0) is 31.5. The van der Waals surface area contributed by atoms with Gasteiger partial charge in [0.05, 0.1) is 36.6 Å². The number of aliphatic hydroxyl groups is 1. The molecule has 1 aromatic carbocycles. The third-order valence-electron chi connectivity index (χ3n) is 8.72. The fraction of sp³-hybridized carbons (Fsp3) is 0.562. The summed E-state index contributed by atoms with van der Waals surface area (Å²) in [5.74, 6) is -3.38. The second-order valence-corrected chi connectivity index (χ2v) is 13.0. The van der Waals surface area contributed by atoms with Gasteiger partial charge in [0, 0.05) is 23.8 Å². The number of carbonyl (C=O) groups is 4. The quantitative estimate of drug-likeness (QED) is 0.179. The molecule has 0 aromatic heterocycles. The smallest absolute Gasteiger partial charge is 0.306 e. The van der Waals surface area contributed by atoms with Crippen LogP contribution in [-0.2, 0) is 28.7 Å². The average Bonchev–Trinajstić information content (AvgIpc) is 3.59. The van der Waals surface area contributed by atoms with Gasteiger partial charge in [-0.3, -0.25) is 19.2 Å². The molecular formula is C32H42BrN3O7. The van der Waals surface area contributed by atoms with Gasteiger partial charge in [-0.1, -0.05) is 58.4 Å². The molecule has 1 aromatic rings. The molecule has 4 rings (SSSR count). The summed E-state index contributed by atoms with van der Waals surface area (Å²) in [6.07, 6.45) is 3.61. The first-order valence-corrected chi connectivity index (χ1v) is 15.7. The highest BCUT2D eigenvalue weighted by atomic mass is 79.9. The molecule has 1 unspecified atom stereocenters. The Balaban J connectivity index is 1.67. The molecule has 10 nitrogen and oxygen atoms in total. The number of esters is 1. The van der Waals surface area contributed by atoms with E-state index in [0.717, 1.165) is 5.56 Å². The molecule has 11 heteroatoms. The highest BCUT2D eigenvalue weighted by Crippen LogP contribution is 2.60. The number of hydrogen-bond donors (Lipinski definition) is 2. The molecule has 8 atom stereocenters. The number of fused-ring (bicyclic) bond motifs is 1. The minimum Gasteiger partial charge on any atom is -0.463 e. The number of aliphatic hydroxyl groups excluding tert-OH is 1. The van der Waals surface area contributed by atoms with Crippen LogP contribution >= 0.6 is 15.9 Å². The fourth-order valence-electron chi connectivity index (χ4n) is 6.70. The summed E-state index contributed by atoms with van der Waals surface area (Å²) in [6, 6.07) is 6.61. The van der Waals surface area contributed by atoms with Crippen molar-refractivity contribution in [2.45, 2.75) is 80.7 Å². The SMILES string of the molecule is C=CCCC(=O)OC[C@@H](NC(=O)[C@@H]1[C@H]2O[C@@]3(CC2Br)[C@H](C(=O)N(CC=C)C(C)C)N([C@H](C)CO)C(=O)[C@@H]13)c1ccccc1. The van der Waals surface area contributed by atoms with E-state index in [0.29, 0.717) is 12.8 Å². The Hall–Kier alpha value is -3.02. The Morgan fingerprint density at radius 1 is 1.23 bits per heavy atom. The normalized spacial score (nSPS) is 28.7. The van der Waals surface area contributed by atoms with Crippen molar-refractivity contribution >= 4 is 39.6 Å². The molecule has 3 heterocycles. The van der Waals surface area contributed by atoms with Crippen LogP contribution in [0.1, 0.15) is 51.6 Å². The molecule has 0 saturated carbocycles. The topological polar surface area (TPSA) is 125 Å². The van der Waals surface area contributed by atoms with Crippen LogP contribution in [0, 0.1) is 11.8 Å². The number of amides is 3. The molecule has 3 aliphatic rings. The monoisotopic (exact) mass is 659 g/mol. The first-order valence-electron chi connectivity index (χ1n) is 14.8. The summed E-state index contributed by atoms with van der Waals surface area (Å²) in [4.78, 5) is 57.6. The molecule has 43 heavy (non-hydrogen) atoms. The lowest BCUT2D eigenvalue weighted by Gasteiger charge is -2.39. The summed E-state index contributed by atoms with van der Waals surface area (Å²) >= 11 is 3.68. The zero-order valence-electron chi connectivity index (χ0n) is 25.0. The van der Waals surface area contributed by atoms with Gasteiger partial charge in [0.15, 0.2) is 0 Å². The summed E-state index contributed by atoms with van der Waals surface area (Å²) in [6.45, 7) is 12.7. The highest BCUT2D eigenvalue weighted by molar-refractivity contribution is 9.09. The van der Waals surface area contributed by atoms with E-state index in [4.69, 9.17) is 9.47 Å². The van der Waals surface area contributed by atoms with E-state index in [9.17, 15) is 24.3 Å². The van der Waals surface area contributed by atoms with Crippen LogP contribution in [0.25, 0.3) is 0 Å². The van der Waals surface area contributed by atoms with Crippen LogP contribution in [0.2, 0.25) is 0 Å². The van der Waals surface area contributed by atoms with Gasteiger partial charge in [0.25, 0.3) is 0 Å². The number of rotatable bonds is 14. The number of benzene rings is 1. The van der Waals surface area contributed by atoms with Crippen molar-refractivity contribution in [3.63, 3.8) is 0 Å². The van der Waals surface area contributed by atoms with Crippen molar-refractivity contribution in [3.8, 4) is 0 Å².